The van der Waals surface area contributed by atoms with Crippen LogP contribution in [0.25, 0.3) is 11.1 Å². The number of rotatable bonds is 10. The summed E-state index contributed by atoms with van der Waals surface area (Å²) in [6.07, 6.45) is 1.83. The number of ether oxygens (including phenoxy) is 3. The molecule has 0 saturated carbocycles. The number of anilines is 1. The molecule has 0 bridgehead atoms. The summed E-state index contributed by atoms with van der Waals surface area (Å²) in [6.45, 7) is 5.31. The first-order valence-electron chi connectivity index (χ1n) is 11.3. The maximum absolute atomic E-state index is 11.6. The van der Waals surface area contributed by atoms with Crippen LogP contribution in [-0.2, 0) is 21.3 Å². The number of sulfonamides is 1. The summed E-state index contributed by atoms with van der Waals surface area (Å²) in [5.74, 6) is 1.57. The topological polar surface area (TPSA) is 129 Å². The van der Waals surface area contributed by atoms with Gasteiger partial charge in [-0.25, -0.2) is 13.6 Å². The number of aromatic nitrogens is 1. The van der Waals surface area contributed by atoms with E-state index in [2.05, 4.69) is 43.9 Å². The summed E-state index contributed by atoms with van der Waals surface area (Å²) in [4.78, 5) is 6.79. The smallest absolute Gasteiger partial charge is 0.295 e. The van der Waals surface area contributed by atoms with Crippen molar-refractivity contribution in [2.45, 2.75) is 37.2 Å². The minimum atomic E-state index is -3.79. The van der Waals surface area contributed by atoms with E-state index in [1.54, 1.807) is 13.2 Å². The molecular weight excluding hydrogens is 587 g/mol. The highest BCUT2D eigenvalue weighted by molar-refractivity contribution is 14.1. The number of primary sulfonamides is 1. The number of hydrogen-bond donors (Lipinski definition) is 2. The fourth-order valence-corrected chi connectivity index (χ4v) is 5.18. The van der Waals surface area contributed by atoms with Crippen LogP contribution in [0.2, 0.25) is 0 Å². The van der Waals surface area contributed by atoms with E-state index in [0.29, 0.717) is 23.7 Å². The molecule has 1 aliphatic heterocycles. The quantitative estimate of drug-likeness (QED) is 0.260. The molecule has 0 radical (unpaired) electrons. The number of fused-ring (bicyclic) bond motifs is 1. The molecular formula is C23H29IN4O6S. The Kier molecular flexibility index (Phi) is 8.37. The second-order valence-corrected chi connectivity index (χ2v) is 10.9. The van der Waals surface area contributed by atoms with Crippen molar-refractivity contribution in [1.29, 1.82) is 0 Å². The maximum atomic E-state index is 11.6. The van der Waals surface area contributed by atoms with Gasteiger partial charge in [-0.15, -0.1) is 0 Å². The second-order valence-electron chi connectivity index (χ2n) is 8.28. The average molecular weight is 616 g/mol. The van der Waals surface area contributed by atoms with Crippen molar-refractivity contribution in [1.82, 2.24) is 9.88 Å². The Morgan fingerprint density at radius 2 is 1.91 bits per heavy atom. The van der Waals surface area contributed by atoms with Gasteiger partial charge in [-0.05, 0) is 78.3 Å². The number of nitrogens with two attached hydrogens (primary N) is 1. The molecule has 35 heavy (non-hydrogen) atoms. The monoisotopic (exact) mass is 616 g/mol. The number of oxazole rings is 1. The van der Waals surface area contributed by atoms with E-state index in [1.807, 2.05) is 13.0 Å². The van der Waals surface area contributed by atoms with Crippen molar-refractivity contribution in [3.05, 3.63) is 39.5 Å². The molecule has 3 aromatic rings. The van der Waals surface area contributed by atoms with Crippen LogP contribution >= 0.6 is 22.6 Å². The number of nitrogens with one attached hydrogen (secondary N) is 1. The molecule has 0 unspecified atom stereocenters. The van der Waals surface area contributed by atoms with E-state index < -0.39 is 10.0 Å². The van der Waals surface area contributed by atoms with Gasteiger partial charge in [0.05, 0.1) is 15.1 Å². The van der Waals surface area contributed by atoms with E-state index in [-0.39, 0.29) is 17.7 Å². The number of methoxy groups -OCH3 is 1. The molecule has 12 heteroatoms. The Morgan fingerprint density at radius 3 is 2.57 bits per heavy atom. The van der Waals surface area contributed by atoms with Gasteiger partial charge in [-0.1, -0.05) is 0 Å². The van der Waals surface area contributed by atoms with Crippen LogP contribution in [0.4, 0.5) is 6.01 Å². The van der Waals surface area contributed by atoms with Gasteiger partial charge < -0.3 is 23.9 Å². The van der Waals surface area contributed by atoms with Crippen molar-refractivity contribution >= 4 is 49.7 Å². The summed E-state index contributed by atoms with van der Waals surface area (Å²) in [7, 11) is -2.19. The summed E-state index contributed by atoms with van der Waals surface area (Å²) < 4.78 is 46.4. The van der Waals surface area contributed by atoms with Crippen molar-refractivity contribution in [2.24, 2.45) is 5.14 Å². The molecule has 1 aromatic heterocycles. The zero-order valence-corrected chi connectivity index (χ0v) is 22.6. The van der Waals surface area contributed by atoms with Gasteiger partial charge in [-0.3, -0.25) is 4.90 Å². The second kappa shape index (κ2) is 11.3. The van der Waals surface area contributed by atoms with Gasteiger partial charge in [0.2, 0.25) is 10.0 Å². The first kappa shape index (κ1) is 25.9. The Labute approximate surface area is 218 Å². The SMILES string of the molecule is CCOc1cc(CN2CCC(Nc3nc4cc(S(N)(=O)=O)ccc4o3)CC2)cc(OCOC)c1I. The fraction of sp³-hybridized carbons (Fsp3) is 0.435. The van der Waals surface area contributed by atoms with Crippen LogP contribution in [0, 0.1) is 3.57 Å². The minimum absolute atomic E-state index is 0.0111. The summed E-state index contributed by atoms with van der Waals surface area (Å²) in [5.41, 5.74) is 2.08. The number of piperidine rings is 1. The van der Waals surface area contributed by atoms with Crippen LogP contribution in [-0.4, -0.2) is 57.9 Å². The van der Waals surface area contributed by atoms with Crippen molar-refractivity contribution in [3.8, 4) is 11.5 Å². The van der Waals surface area contributed by atoms with E-state index in [9.17, 15) is 8.42 Å². The molecule has 0 amide bonds. The third kappa shape index (κ3) is 6.55. The zero-order valence-electron chi connectivity index (χ0n) is 19.6. The number of hydrogen-bond acceptors (Lipinski definition) is 9. The van der Waals surface area contributed by atoms with Gasteiger partial charge in [0, 0.05) is 32.8 Å². The number of benzene rings is 2. The van der Waals surface area contributed by atoms with Gasteiger partial charge >= 0.3 is 0 Å². The standard InChI is InChI=1S/C23H29IN4O6S/c1-3-32-20-10-15(11-21(22(20)24)33-14-31-2)13-28-8-6-16(7-9-28)26-23-27-18-12-17(35(25,29)30)4-5-19(18)34-23/h4-5,10-12,16H,3,6-9,13-14H2,1-2H3,(H,26,27)(H2,25,29,30). The minimum Gasteiger partial charge on any atom is -0.493 e. The molecule has 1 saturated heterocycles. The van der Waals surface area contributed by atoms with E-state index in [1.165, 1.54) is 12.1 Å². The molecule has 1 fully saturated rings. The van der Waals surface area contributed by atoms with Gasteiger partial charge in [0.1, 0.15) is 17.0 Å². The van der Waals surface area contributed by atoms with Gasteiger partial charge in [-0.2, -0.15) is 4.98 Å². The molecule has 0 atom stereocenters. The normalized spacial score (nSPS) is 15.4. The third-order valence-electron chi connectivity index (χ3n) is 5.71. The number of likely N-dealkylation sites (tertiary alicyclic amines) is 1. The van der Waals surface area contributed by atoms with Crippen molar-refractivity contribution in [3.63, 3.8) is 0 Å². The molecule has 4 rings (SSSR count). The molecule has 2 heterocycles. The largest absolute Gasteiger partial charge is 0.493 e. The highest BCUT2D eigenvalue weighted by Gasteiger charge is 2.22. The van der Waals surface area contributed by atoms with Crippen LogP contribution in [0.15, 0.2) is 39.6 Å². The Morgan fingerprint density at radius 1 is 1.20 bits per heavy atom. The van der Waals surface area contributed by atoms with E-state index in [0.717, 1.165) is 53.1 Å². The molecule has 3 N–H and O–H groups in total. The van der Waals surface area contributed by atoms with Crippen molar-refractivity contribution in [2.75, 3.05) is 38.9 Å². The molecule has 1 aliphatic rings. The predicted molar refractivity (Wildman–Crippen MR) is 140 cm³/mol. The zero-order chi connectivity index (χ0) is 25.0. The first-order valence-corrected chi connectivity index (χ1v) is 13.9. The maximum Gasteiger partial charge on any atom is 0.295 e. The lowest BCUT2D eigenvalue weighted by Crippen LogP contribution is -2.38. The molecule has 0 spiro atoms. The Hall–Kier alpha value is -2.13. The Balaban J connectivity index is 1.37. The molecule has 10 nitrogen and oxygen atoms in total. The lowest BCUT2D eigenvalue weighted by Gasteiger charge is -2.32. The fourth-order valence-electron chi connectivity index (χ4n) is 4.02. The number of nitrogens with zero attached hydrogens (tertiary/aromatic N) is 2. The first-order chi connectivity index (χ1) is 16.8. The van der Waals surface area contributed by atoms with Gasteiger partial charge in [0.25, 0.3) is 6.01 Å². The van der Waals surface area contributed by atoms with Crippen molar-refractivity contribution < 1.29 is 27.0 Å². The van der Waals surface area contributed by atoms with Crippen LogP contribution < -0.4 is 19.9 Å². The average Bonchev–Trinajstić information content (AvgIpc) is 3.22. The summed E-state index contributed by atoms with van der Waals surface area (Å²) in [6, 6.07) is 9.10. The number of halogens is 1. The molecule has 0 aliphatic carbocycles. The van der Waals surface area contributed by atoms with Crippen LogP contribution in [0.1, 0.15) is 25.3 Å². The lowest BCUT2D eigenvalue weighted by atomic mass is 10.0. The highest BCUT2D eigenvalue weighted by atomic mass is 127. The molecule has 190 valence electrons. The molecule has 2 aromatic carbocycles. The van der Waals surface area contributed by atoms with Gasteiger partial charge in [0.15, 0.2) is 12.4 Å². The van der Waals surface area contributed by atoms with Crippen LogP contribution in [0.5, 0.6) is 11.5 Å². The van der Waals surface area contributed by atoms with Crippen LogP contribution in [0.3, 0.4) is 0 Å². The predicted octanol–water partition coefficient (Wildman–Crippen LogP) is 3.54. The Bertz CT molecular complexity index is 1270. The summed E-state index contributed by atoms with van der Waals surface area (Å²) >= 11 is 2.24. The third-order valence-corrected chi connectivity index (χ3v) is 7.68. The lowest BCUT2D eigenvalue weighted by molar-refractivity contribution is 0.0501. The highest BCUT2D eigenvalue weighted by Crippen LogP contribution is 2.33. The summed E-state index contributed by atoms with van der Waals surface area (Å²) in [5, 5.41) is 8.54. The van der Waals surface area contributed by atoms with E-state index in [4.69, 9.17) is 23.8 Å². The van der Waals surface area contributed by atoms with E-state index >= 15 is 0 Å².